The Morgan fingerprint density at radius 3 is 2.41 bits per heavy atom. The van der Waals surface area contributed by atoms with Crippen LogP contribution in [0.25, 0.3) is 0 Å². The number of aryl methyl sites for hydroxylation is 1. The normalized spacial score (nSPS) is 12.4. The summed E-state index contributed by atoms with van der Waals surface area (Å²) < 4.78 is 30.4. The zero-order valence-corrected chi connectivity index (χ0v) is 17.5. The van der Waals surface area contributed by atoms with Crippen molar-refractivity contribution in [3.63, 3.8) is 0 Å². The van der Waals surface area contributed by atoms with Crippen molar-refractivity contribution in [1.29, 1.82) is 0 Å². The molecule has 9 heteroatoms. The second kappa shape index (κ2) is 9.64. The minimum Gasteiger partial charge on any atom is -0.449 e. The minimum atomic E-state index is -3.91. The molecule has 0 radical (unpaired) electrons. The maximum Gasteiger partial charge on any atom is 0.338 e. The summed E-state index contributed by atoms with van der Waals surface area (Å²) in [4.78, 5) is 29.1. The number of carbonyl (C=O) groups is 2. The van der Waals surface area contributed by atoms with Crippen molar-refractivity contribution in [1.82, 2.24) is 9.79 Å². The first kappa shape index (κ1) is 22.5. The van der Waals surface area contributed by atoms with E-state index in [1.807, 2.05) is 31.2 Å². The molecule has 8 nitrogen and oxygen atoms in total. The van der Waals surface area contributed by atoms with Crippen LogP contribution < -0.4 is 5.32 Å². The fourth-order valence-corrected chi connectivity index (χ4v) is 3.37. The van der Waals surface area contributed by atoms with Gasteiger partial charge in [0.15, 0.2) is 6.10 Å². The number of nitrogens with zero attached hydrogens (tertiary/aromatic N) is 1. The van der Waals surface area contributed by atoms with Gasteiger partial charge < -0.3 is 10.1 Å². The number of rotatable bonds is 8. The molecule has 1 N–H and O–H groups in total. The molecule has 0 saturated heterocycles. The molecule has 0 saturated carbocycles. The Kier molecular flexibility index (Phi) is 7.49. The van der Waals surface area contributed by atoms with Gasteiger partial charge in [0, 0.05) is 13.6 Å². The molecule has 0 unspecified atom stereocenters. The Morgan fingerprint density at radius 2 is 1.79 bits per heavy atom. The lowest BCUT2D eigenvalue weighted by molar-refractivity contribution is -0.129. The highest BCUT2D eigenvalue weighted by Crippen LogP contribution is 2.17. The topological polar surface area (TPSA) is 102 Å². The summed E-state index contributed by atoms with van der Waals surface area (Å²) in [5.41, 5.74) is 2.04. The Hall–Kier alpha value is -2.75. The molecule has 1 amide bonds. The van der Waals surface area contributed by atoms with Gasteiger partial charge in [0.05, 0.1) is 17.6 Å². The maximum atomic E-state index is 12.3. The molecule has 2 aromatic carbocycles. The second-order valence-corrected chi connectivity index (χ2v) is 8.31. The van der Waals surface area contributed by atoms with E-state index in [1.165, 1.54) is 45.3 Å². The molecule has 0 spiro atoms. The van der Waals surface area contributed by atoms with E-state index in [2.05, 4.69) is 5.32 Å². The van der Waals surface area contributed by atoms with Crippen LogP contribution in [0.1, 0.15) is 28.4 Å². The number of hydrogen-bond acceptors (Lipinski definition) is 6. The van der Waals surface area contributed by atoms with Crippen LogP contribution in [0.2, 0.25) is 0 Å². The fourth-order valence-electron chi connectivity index (χ4n) is 2.35. The number of hydrogen-bond donors (Lipinski definition) is 1. The summed E-state index contributed by atoms with van der Waals surface area (Å²) in [7, 11) is -1.46. The number of hydroxylamine groups is 1. The third kappa shape index (κ3) is 5.86. The van der Waals surface area contributed by atoms with Crippen molar-refractivity contribution in [2.75, 3.05) is 14.2 Å². The van der Waals surface area contributed by atoms with Crippen LogP contribution in [0.5, 0.6) is 0 Å². The number of sulfonamides is 1. The molecule has 1 atom stereocenters. The molecule has 0 fully saturated rings. The van der Waals surface area contributed by atoms with Crippen molar-refractivity contribution < 1.29 is 27.6 Å². The zero-order valence-electron chi connectivity index (χ0n) is 16.7. The van der Waals surface area contributed by atoms with Gasteiger partial charge in [-0.15, -0.1) is 0 Å². The lowest BCUT2D eigenvalue weighted by atomic mass is 10.1. The summed E-state index contributed by atoms with van der Waals surface area (Å²) in [5, 5.41) is 2.70. The van der Waals surface area contributed by atoms with Crippen LogP contribution in [0, 0.1) is 6.92 Å². The van der Waals surface area contributed by atoms with E-state index in [0.717, 1.165) is 11.1 Å². The third-order valence-corrected chi connectivity index (χ3v) is 5.88. The molecule has 0 aliphatic rings. The smallest absolute Gasteiger partial charge is 0.338 e. The standard InChI is InChI=1S/C20H24N2O6S/c1-14-8-10-16(11-9-14)13-21-19(23)15(2)28-20(24)17-6-5-7-18(12-17)29(25,26)22(3)27-4/h5-12,15H,13H2,1-4H3,(H,21,23)/t15-/m1/s1. The average Bonchev–Trinajstić information content (AvgIpc) is 2.72. The number of ether oxygens (including phenoxy) is 1. The van der Waals surface area contributed by atoms with Gasteiger partial charge >= 0.3 is 5.97 Å². The Morgan fingerprint density at radius 1 is 1.14 bits per heavy atom. The molecule has 29 heavy (non-hydrogen) atoms. The van der Waals surface area contributed by atoms with Gasteiger partial charge in [-0.05, 0) is 37.6 Å². The highest BCUT2D eigenvalue weighted by atomic mass is 32.2. The molecule has 0 heterocycles. The third-order valence-electron chi connectivity index (χ3n) is 4.20. The summed E-state index contributed by atoms with van der Waals surface area (Å²) in [6.07, 6.45) is -1.05. The Bertz CT molecular complexity index is 973. The van der Waals surface area contributed by atoms with E-state index in [4.69, 9.17) is 9.57 Å². The van der Waals surface area contributed by atoms with Gasteiger partial charge in [-0.3, -0.25) is 9.63 Å². The molecule has 2 rings (SSSR count). The second-order valence-electron chi connectivity index (χ2n) is 6.38. The number of nitrogens with one attached hydrogen (secondary N) is 1. The quantitative estimate of drug-likeness (QED) is 0.518. The van der Waals surface area contributed by atoms with Crippen LogP contribution >= 0.6 is 0 Å². The molecule has 156 valence electrons. The van der Waals surface area contributed by atoms with Crippen molar-refractivity contribution >= 4 is 21.9 Å². The SMILES string of the molecule is CON(C)S(=O)(=O)c1cccc(C(=O)O[C@H](C)C(=O)NCc2ccc(C)cc2)c1. The van der Waals surface area contributed by atoms with E-state index >= 15 is 0 Å². The summed E-state index contributed by atoms with van der Waals surface area (Å²) in [6, 6.07) is 13.0. The minimum absolute atomic E-state index is 0.00811. The van der Waals surface area contributed by atoms with Gasteiger partial charge in [0.2, 0.25) is 0 Å². The van der Waals surface area contributed by atoms with Gasteiger partial charge in [-0.25, -0.2) is 13.2 Å². The molecule has 0 aromatic heterocycles. The monoisotopic (exact) mass is 420 g/mol. The Labute approximate surface area is 170 Å². The van der Waals surface area contributed by atoms with E-state index in [9.17, 15) is 18.0 Å². The first-order valence-corrected chi connectivity index (χ1v) is 10.3. The molecule has 0 bridgehead atoms. The van der Waals surface area contributed by atoms with Gasteiger partial charge in [0.25, 0.3) is 15.9 Å². The predicted molar refractivity (Wildman–Crippen MR) is 106 cm³/mol. The highest BCUT2D eigenvalue weighted by molar-refractivity contribution is 7.89. The van der Waals surface area contributed by atoms with E-state index in [-0.39, 0.29) is 10.5 Å². The Balaban J connectivity index is 2.01. The van der Waals surface area contributed by atoms with Gasteiger partial charge in [-0.1, -0.05) is 40.4 Å². The van der Waals surface area contributed by atoms with Crippen LogP contribution in [0.4, 0.5) is 0 Å². The maximum absolute atomic E-state index is 12.3. The number of esters is 1. The summed E-state index contributed by atoms with van der Waals surface area (Å²) >= 11 is 0. The van der Waals surface area contributed by atoms with Crippen molar-refractivity contribution in [3.8, 4) is 0 Å². The lowest BCUT2D eigenvalue weighted by Gasteiger charge is -2.16. The van der Waals surface area contributed by atoms with E-state index < -0.39 is 28.0 Å². The van der Waals surface area contributed by atoms with Crippen molar-refractivity contribution in [2.45, 2.75) is 31.4 Å². The predicted octanol–water partition coefficient (Wildman–Crippen LogP) is 2.04. The summed E-state index contributed by atoms with van der Waals surface area (Å²) in [6.45, 7) is 3.72. The van der Waals surface area contributed by atoms with E-state index in [1.54, 1.807) is 0 Å². The van der Waals surface area contributed by atoms with Crippen LogP contribution in [0.3, 0.4) is 0 Å². The highest BCUT2D eigenvalue weighted by Gasteiger charge is 2.24. The average molecular weight is 420 g/mol. The van der Waals surface area contributed by atoms with E-state index in [0.29, 0.717) is 11.0 Å². The lowest BCUT2D eigenvalue weighted by Crippen LogP contribution is -2.35. The van der Waals surface area contributed by atoms with Gasteiger partial charge in [-0.2, -0.15) is 0 Å². The molecule has 0 aliphatic heterocycles. The number of amides is 1. The number of carbonyl (C=O) groups excluding carboxylic acids is 2. The van der Waals surface area contributed by atoms with Crippen molar-refractivity contribution in [3.05, 3.63) is 65.2 Å². The summed E-state index contributed by atoms with van der Waals surface area (Å²) in [5.74, 6) is -1.26. The molecule has 2 aromatic rings. The zero-order chi connectivity index (χ0) is 21.6. The molecule has 0 aliphatic carbocycles. The largest absolute Gasteiger partial charge is 0.449 e. The molecular formula is C20H24N2O6S. The number of benzene rings is 2. The van der Waals surface area contributed by atoms with Gasteiger partial charge in [0.1, 0.15) is 0 Å². The first-order chi connectivity index (χ1) is 13.6. The van der Waals surface area contributed by atoms with Crippen LogP contribution in [-0.4, -0.2) is 45.0 Å². The first-order valence-electron chi connectivity index (χ1n) is 8.82. The van der Waals surface area contributed by atoms with Crippen molar-refractivity contribution in [2.24, 2.45) is 0 Å². The fraction of sp³-hybridized carbons (Fsp3) is 0.300. The van der Waals surface area contributed by atoms with Crippen LogP contribution in [-0.2, 0) is 30.9 Å². The molecular weight excluding hydrogens is 396 g/mol. The van der Waals surface area contributed by atoms with Crippen LogP contribution in [0.15, 0.2) is 53.4 Å².